The Kier molecular flexibility index (Phi) is 6.97. The van der Waals surface area contributed by atoms with Gasteiger partial charge in [0.1, 0.15) is 11.4 Å². The fourth-order valence-electron chi connectivity index (χ4n) is 3.28. The molecule has 2 heterocycles. The number of aromatic nitrogens is 4. The van der Waals surface area contributed by atoms with Crippen molar-refractivity contribution in [1.29, 1.82) is 0 Å². The van der Waals surface area contributed by atoms with Gasteiger partial charge >= 0.3 is 0 Å². The number of nitrogens with zero attached hydrogens (tertiary/aromatic N) is 4. The van der Waals surface area contributed by atoms with Crippen LogP contribution in [-0.4, -0.2) is 42.5 Å². The number of hydrogen-bond acceptors (Lipinski definition) is 7. The molecule has 0 spiro atoms. The fourth-order valence-corrected chi connectivity index (χ4v) is 4.80. The van der Waals surface area contributed by atoms with Gasteiger partial charge in [-0.15, -0.1) is 11.8 Å². The maximum absolute atomic E-state index is 11.3. The van der Waals surface area contributed by atoms with E-state index < -0.39 is 0 Å². The smallest absolute Gasteiger partial charge is 0.187 e. The van der Waals surface area contributed by atoms with Crippen LogP contribution in [0.15, 0.2) is 58.7 Å². The molecular formula is C22H18Cl2N4O2S2. The zero-order chi connectivity index (χ0) is 22.8. The van der Waals surface area contributed by atoms with Crippen LogP contribution in [0.3, 0.4) is 0 Å². The predicted molar refractivity (Wildman–Crippen MR) is 131 cm³/mol. The molecule has 10 heteroatoms. The first-order chi connectivity index (χ1) is 15.5. The third-order valence-electron chi connectivity index (χ3n) is 4.76. The molecule has 0 aliphatic rings. The Morgan fingerprint density at radius 2 is 1.75 bits per heavy atom. The topological polar surface area (TPSA) is 84.1 Å². The molecule has 0 saturated heterocycles. The van der Waals surface area contributed by atoms with E-state index in [4.69, 9.17) is 28.2 Å². The molecule has 0 amide bonds. The van der Waals surface area contributed by atoms with Gasteiger partial charge in [-0.2, -0.15) is 4.73 Å². The lowest BCUT2D eigenvalue weighted by Gasteiger charge is -2.10. The van der Waals surface area contributed by atoms with Crippen molar-refractivity contribution in [1.82, 2.24) is 19.7 Å². The summed E-state index contributed by atoms with van der Waals surface area (Å²) < 4.78 is 0.987. The van der Waals surface area contributed by atoms with Crippen LogP contribution in [0, 0.1) is 0 Å². The maximum Gasteiger partial charge on any atom is 0.187 e. The molecule has 0 unspecified atom stereocenters. The summed E-state index contributed by atoms with van der Waals surface area (Å²) >= 11 is 16.0. The largest absolute Gasteiger partial charge is 0.426 e. The Balaban J connectivity index is 2.01. The number of imidazole rings is 1. The van der Waals surface area contributed by atoms with E-state index in [2.05, 4.69) is 9.97 Å². The summed E-state index contributed by atoms with van der Waals surface area (Å²) in [6, 6.07) is 12.7. The van der Waals surface area contributed by atoms with Crippen LogP contribution in [0.4, 0.5) is 0 Å². The standard InChI is InChI=1S/C22H18Cl2N4O2S2/c1-31-14-5-3-4-13(10-14)20-19(17-6-7-25-22(26-17)32-2)27-21(28(20)30)18-15(23)8-12(11-29)9-16(18)24/h3-10,29-30H,11H2,1-2H3. The normalized spacial score (nSPS) is 11.2. The molecular weight excluding hydrogens is 487 g/mol. The number of aliphatic hydroxyl groups is 1. The highest BCUT2D eigenvalue weighted by atomic mass is 35.5. The number of benzene rings is 2. The summed E-state index contributed by atoms with van der Waals surface area (Å²) in [7, 11) is 0. The number of rotatable bonds is 6. The highest BCUT2D eigenvalue weighted by Gasteiger charge is 2.25. The molecule has 0 aliphatic carbocycles. The van der Waals surface area contributed by atoms with E-state index >= 15 is 0 Å². The van der Waals surface area contributed by atoms with Crippen molar-refractivity contribution in [3.8, 4) is 34.0 Å². The molecule has 6 nitrogen and oxygen atoms in total. The van der Waals surface area contributed by atoms with Crippen LogP contribution >= 0.6 is 46.7 Å². The van der Waals surface area contributed by atoms with Crippen molar-refractivity contribution >= 4 is 46.7 Å². The number of hydrogen-bond donors (Lipinski definition) is 2. The van der Waals surface area contributed by atoms with Crippen LogP contribution in [0.25, 0.3) is 34.0 Å². The van der Waals surface area contributed by atoms with Crippen molar-refractivity contribution in [2.24, 2.45) is 0 Å². The Morgan fingerprint density at radius 3 is 2.41 bits per heavy atom. The molecule has 164 valence electrons. The molecule has 4 rings (SSSR count). The lowest BCUT2D eigenvalue weighted by Crippen LogP contribution is -1.99. The molecule has 0 aliphatic heterocycles. The summed E-state index contributed by atoms with van der Waals surface area (Å²) in [6.07, 6.45) is 5.53. The minimum atomic E-state index is -0.205. The molecule has 2 aromatic heterocycles. The monoisotopic (exact) mass is 504 g/mol. The first-order valence-corrected chi connectivity index (χ1v) is 12.6. The molecule has 32 heavy (non-hydrogen) atoms. The Labute approximate surface area is 203 Å². The van der Waals surface area contributed by atoms with Crippen molar-refractivity contribution in [2.75, 3.05) is 12.5 Å². The lowest BCUT2D eigenvalue weighted by molar-refractivity contribution is 0.195. The molecule has 0 atom stereocenters. The summed E-state index contributed by atoms with van der Waals surface area (Å²) in [5.41, 5.74) is 3.17. The van der Waals surface area contributed by atoms with E-state index in [1.54, 1.807) is 36.2 Å². The molecule has 2 N–H and O–H groups in total. The van der Waals surface area contributed by atoms with Crippen molar-refractivity contribution in [3.05, 3.63) is 64.3 Å². The average Bonchev–Trinajstić information content (AvgIpc) is 3.15. The number of halogens is 2. The van der Waals surface area contributed by atoms with Gasteiger partial charge in [0.05, 0.1) is 27.9 Å². The van der Waals surface area contributed by atoms with E-state index in [1.165, 1.54) is 11.8 Å². The summed E-state index contributed by atoms with van der Waals surface area (Å²) in [5.74, 6) is 0.174. The summed E-state index contributed by atoms with van der Waals surface area (Å²) in [4.78, 5) is 14.5. The highest BCUT2D eigenvalue weighted by molar-refractivity contribution is 7.98. The van der Waals surface area contributed by atoms with E-state index in [9.17, 15) is 10.3 Å². The zero-order valence-electron chi connectivity index (χ0n) is 17.1. The van der Waals surface area contributed by atoms with Gasteiger partial charge in [-0.25, -0.2) is 15.0 Å². The van der Waals surface area contributed by atoms with E-state index in [-0.39, 0.29) is 22.5 Å². The molecule has 2 aromatic carbocycles. The highest BCUT2D eigenvalue weighted by Crippen LogP contribution is 2.41. The Hall–Kier alpha value is -2.23. The zero-order valence-corrected chi connectivity index (χ0v) is 20.2. The molecule has 0 radical (unpaired) electrons. The first kappa shape index (κ1) is 22.9. The van der Waals surface area contributed by atoms with Crippen LogP contribution in [0.1, 0.15) is 5.56 Å². The van der Waals surface area contributed by atoms with E-state index in [0.717, 1.165) is 15.2 Å². The molecule has 4 aromatic rings. The Bertz CT molecular complexity index is 1270. The minimum absolute atomic E-state index is 0.174. The van der Waals surface area contributed by atoms with Crippen LogP contribution in [-0.2, 0) is 6.61 Å². The minimum Gasteiger partial charge on any atom is -0.426 e. The third kappa shape index (κ3) is 4.33. The number of aliphatic hydroxyl groups excluding tert-OH is 1. The average molecular weight is 505 g/mol. The van der Waals surface area contributed by atoms with Gasteiger partial charge in [-0.3, -0.25) is 0 Å². The summed E-state index contributed by atoms with van der Waals surface area (Å²) in [5, 5.41) is 21.8. The van der Waals surface area contributed by atoms with Gasteiger partial charge in [-0.05, 0) is 48.4 Å². The maximum atomic E-state index is 11.3. The van der Waals surface area contributed by atoms with Gasteiger partial charge < -0.3 is 10.3 Å². The quantitative estimate of drug-likeness (QED) is 0.185. The van der Waals surface area contributed by atoms with Gasteiger partial charge in [-0.1, -0.05) is 47.1 Å². The van der Waals surface area contributed by atoms with Gasteiger partial charge in [0.2, 0.25) is 0 Å². The van der Waals surface area contributed by atoms with Gasteiger partial charge in [0, 0.05) is 16.7 Å². The van der Waals surface area contributed by atoms with Crippen molar-refractivity contribution in [3.63, 3.8) is 0 Å². The lowest BCUT2D eigenvalue weighted by atomic mass is 10.1. The second kappa shape index (κ2) is 9.72. The summed E-state index contributed by atoms with van der Waals surface area (Å²) in [6.45, 7) is -0.205. The molecule has 0 bridgehead atoms. The second-order valence-corrected chi connectivity index (χ2v) is 9.16. The first-order valence-electron chi connectivity index (χ1n) is 9.39. The predicted octanol–water partition coefficient (Wildman–Crippen LogP) is 6.15. The van der Waals surface area contributed by atoms with Gasteiger partial charge in [0.25, 0.3) is 0 Å². The van der Waals surface area contributed by atoms with Crippen LogP contribution in [0.5, 0.6) is 0 Å². The number of thioether (sulfide) groups is 2. The fraction of sp³-hybridized carbons (Fsp3) is 0.136. The van der Waals surface area contributed by atoms with Crippen LogP contribution in [0.2, 0.25) is 10.0 Å². The van der Waals surface area contributed by atoms with E-state index in [1.807, 2.05) is 36.8 Å². The molecule has 0 fully saturated rings. The van der Waals surface area contributed by atoms with Crippen LogP contribution < -0.4 is 0 Å². The van der Waals surface area contributed by atoms with Crippen molar-refractivity contribution < 1.29 is 10.3 Å². The Morgan fingerprint density at radius 1 is 1.00 bits per heavy atom. The molecule has 0 saturated carbocycles. The SMILES string of the molecule is CSc1cccc(-c2c(-c3ccnc(SC)n3)nc(-c3c(Cl)cc(CO)cc3Cl)n2O)c1. The van der Waals surface area contributed by atoms with Gasteiger partial charge in [0.15, 0.2) is 11.0 Å². The van der Waals surface area contributed by atoms with Crippen molar-refractivity contribution in [2.45, 2.75) is 16.7 Å². The van der Waals surface area contributed by atoms with E-state index in [0.29, 0.717) is 33.4 Å². The third-order valence-corrected chi connectivity index (χ3v) is 6.65. The second-order valence-electron chi connectivity index (χ2n) is 6.70.